The summed E-state index contributed by atoms with van der Waals surface area (Å²) in [6.07, 6.45) is 1.12. The molecule has 0 bridgehead atoms. The normalized spacial score (nSPS) is 10.6. The molecule has 0 radical (unpaired) electrons. The number of aryl methyl sites for hydroxylation is 2. The molecule has 0 saturated carbocycles. The van der Waals surface area contributed by atoms with Gasteiger partial charge >= 0.3 is 5.97 Å². The van der Waals surface area contributed by atoms with Crippen LogP contribution in [0.2, 0.25) is 0 Å². The van der Waals surface area contributed by atoms with Gasteiger partial charge in [-0.05, 0) is 31.0 Å². The number of esters is 1. The Balaban J connectivity index is 2.19. The Bertz CT molecular complexity index is 517. The van der Waals surface area contributed by atoms with Crippen LogP contribution in [0.15, 0.2) is 18.2 Å². The van der Waals surface area contributed by atoms with Gasteiger partial charge in [0, 0.05) is 11.8 Å². The highest BCUT2D eigenvalue weighted by molar-refractivity contribution is 5.81. The average Bonchev–Trinajstić information content (AvgIpc) is 2.68. The molecule has 1 aromatic carbocycles. The van der Waals surface area contributed by atoms with E-state index in [9.17, 15) is 4.79 Å². The number of ether oxygens (including phenoxy) is 1. The van der Waals surface area contributed by atoms with Crippen molar-refractivity contribution in [2.75, 3.05) is 7.11 Å². The Morgan fingerprint density at radius 1 is 1.50 bits per heavy atom. The average molecular weight is 218 g/mol. The molecule has 84 valence electrons. The highest BCUT2D eigenvalue weighted by atomic mass is 16.5. The summed E-state index contributed by atoms with van der Waals surface area (Å²) in [6, 6.07) is 6.06. The molecule has 1 N–H and O–H groups in total. The zero-order valence-corrected chi connectivity index (χ0v) is 9.41. The molecular weight excluding hydrogens is 204 g/mol. The molecule has 0 saturated heterocycles. The van der Waals surface area contributed by atoms with Crippen molar-refractivity contribution in [3.8, 4) is 0 Å². The number of benzene rings is 1. The predicted molar refractivity (Wildman–Crippen MR) is 61.2 cm³/mol. The molecule has 0 fully saturated rings. The standard InChI is InChI=1S/C12H14N2O2/c1-8-10-7-9(4-6-12(15)16-2)3-5-11(10)14-13-8/h3,5,7H,4,6H2,1-2H3,(H,13,14). The minimum Gasteiger partial charge on any atom is -0.469 e. The predicted octanol–water partition coefficient (Wildman–Crippen LogP) is 1.98. The lowest BCUT2D eigenvalue weighted by molar-refractivity contribution is -0.140. The summed E-state index contributed by atoms with van der Waals surface area (Å²) in [5.41, 5.74) is 3.14. The summed E-state index contributed by atoms with van der Waals surface area (Å²) in [7, 11) is 1.41. The Hall–Kier alpha value is -1.84. The molecule has 2 aromatic rings. The van der Waals surface area contributed by atoms with Crippen LogP contribution < -0.4 is 0 Å². The van der Waals surface area contributed by atoms with Crippen molar-refractivity contribution in [3.05, 3.63) is 29.5 Å². The van der Waals surface area contributed by atoms with Gasteiger partial charge in [0.25, 0.3) is 0 Å². The zero-order valence-electron chi connectivity index (χ0n) is 9.41. The summed E-state index contributed by atoms with van der Waals surface area (Å²) in [4.78, 5) is 11.0. The lowest BCUT2D eigenvalue weighted by atomic mass is 10.1. The smallest absolute Gasteiger partial charge is 0.305 e. The SMILES string of the molecule is COC(=O)CCc1ccc2[nH]nc(C)c2c1. The second-order valence-electron chi connectivity index (χ2n) is 3.77. The van der Waals surface area contributed by atoms with Gasteiger partial charge in [-0.2, -0.15) is 5.10 Å². The van der Waals surface area contributed by atoms with Crippen molar-refractivity contribution < 1.29 is 9.53 Å². The zero-order chi connectivity index (χ0) is 11.5. The summed E-state index contributed by atoms with van der Waals surface area (Å²) in [5, 5.41) is 8.19. The number of aromatic nitrogens is 2. The molecule has 2 rings (SSSR count). The highest BCUT2D eigenvalue weighted by Gasteiger charge is 2.05. The third-order valence-electron chi connectivity index (χ3n) is 2.66. The molecule has 16 heavy (non-hydrogen) atoms. The molecule has 0 aliphatic rings. The number of hydrogen-bond acceptors (Lipinski definition) is 3. The molecule has 0 aliphatic carbocycles. The van der Waals surface area contributed by atoms with Crippen LogP contribution in [-0.2, 0) is 16.0 Å². The van der Waals surface area contributed by atoms with E-state index >= 15 is 0 Å². The lowest BCUT2D eigenvalue weighted by Gasteiger charge is -2.00. The largest absolute Gasteiger partial charge is 0.469 e. The number of rotatable bonds is 3. The summed E-state index contributed by atoms with van der Waals surface area (Å²) in [6.45, 7) is 1.96. The van der Waals surface area contributed by atoms with Gasteiger partial charge in [-0.15, -0.1) is 0 Å². The van der Waals surface area contributed by atoms with Crippen LogP contribution in [0.1, 0.15) is 17.7 Å². The number of hydrogen-bond donors (Lipinski definition) is 1. The molecule has 1 aromatic heterocycles. The number of aromatic amines is 1. The number of carbonyl (C=O) groups excluding carboxylic acids is 1. The van der Waals surface area contributed by atoms with Crippen molar-refractivity contribution in [2.24, 2.45) is 0 Å². The van der Waals surface area contributed by atoms with E-state index in [0.717, 1.165) is 22.2 Å². The van der Waals surface area contributed by atoms with Gasteiger partial charge in [-0.1, -0.05) is 6.07 Å². The fourth-order valence-electron chi connectivity index (χ4n) is 1.70. The maximum atomic E-state index is 11.0. The number of methoxy groups -OCH3 is 1. The summed E-state index contributed by atoms with van der Waals surface area (Å²) >= 11 is 0. The van der Waals surface area contributed by atoms with E-state index in [4.69, 9.17) is 0 Å². The maximum Gasteiger partial charge on any atom is 0.305 e. The fraction of sp³-hybridized carbons (Fsp3) is 0.333. The van der Waals surface area contributed by atoms with Crippen molar-refractivity contribution >= 4 is 16.9 Å². The molecule has 0 unspecified atom stereocenters. The first kappa shape index (κ1) is 10.7. The van der Waals surface area contributed by atoms with Gasteiger partial charge in [0.1, 0.15) is 0 Å². The van der Waals surface area contributed by atoms with Gasteiger partial charge in [0.15, 0.2) is 0 Å². The quantitative estimate of drug-likeness (QED) is 0.801. The summed E-state index contributed by atoms with van der Waals surface area (Å²) < 4.78 is 4.61. The Labute approximate surface area is 93.6 Å². The molecule has 1 heterocycles. The molecule has 0 amide bonds. The van der Waals surface area contributed by atoms with Crippen LogP contribution in [0.3, 0.4) is 0 Å². The lowest BCUT2D eigenvalue weighted by Crippen LogP contribution is -2.01. The van der Waals surface area contributed by atoms with Crippen molar-refractivity contribution in [1.82, 2.24) is 10.2 Å². The van der Waals surface area contributed by atoms with E-state index in [1.165, 1.54) is 7.11 Å². The van der Waals surface area contributed by atoms with Crippen LogP contribution in [0, 0.1) is 6.92 Å². The second-order valence-corrected chi connectivity index (χ2v) is 3.77. The van der Waals surface area contributed by atoms with Crippen LogP contribution in [-0.4, -0.2) is 23.3 Å². The molecule has 0 spiro atoms. The van der Waals surface area contributed by atoms with Crippen molar-refractivity contribution in [1.29, 1.82) is 0 Å². The molecular formula is C12H14N2O2. The van der Waals surface area contributed by atoms with Gasteiger partial charge in [-0.25, -0.2) is 0 Å². The Morgan fingerprint density at radius 2 is 2.31 bits per heavy atom. The monoisotopic (exact) mass is 218 g/mol. The minimum absolute atomic E-state index is 0.177. The van der Waals surface area contributed by atoms with E-state index < -0.39 is 0 Å². The number of fused-ring (bicyclic) bond motifs is 1. The van der Waals surface area contributed by atoms with E-state index in [0.29, 0.717) is 12.8 Å². The third-order valence-corrected chi connectivity index (χ3v) is 2.66. The van der Waals surface area contributed by atoms with Crippen LogP contribution >= 0.6 is 0 Å². The van der Waals surface area contributed by atoms with Crippen molar-refractivity contribution in [2.45, 2.75) is 19.8 Å². The topological polar surface area (TPSA) is 55.0 Å². The van der Waals surface area contributed by atoms with E-state index in [-0.39, 0.29) is 5.97 Å². The molecule has 4 nitrogen and oxygen atoms in total. The Morgan fingerprint density at radius 3 is 3.06 bits per heavy atom. The number of H-pyrrole nitrogens is 1. The van der Waals surface area contributed by atoms with Crippen molar-refractivity contribution in [3.63, 3.8) is 0 Å². The third kappa shape index (κ3) is 2.05. The Kier molecular flexibility index (Phi) is 2.90. The number of nitrogens with zero attached hydrogens (tertiary/aromatic N) is 1. The highest BCUT2D eigenvalue weighted by Crippen LogP contribution is 2.17. The minimum atomic E-state index is -0.177. The fourth-order valence-corrected chi connectivity index (χ4v) is 1.70. The number of nitrogens with one attached hydrogen (secondary N) is 1. The first-order valence-corrected chi connectivity index (χ1v) is 5.21. The van der Waals surface area contributed by atoms with E-state index in [1.54, 1.807) is 0 Å². The van der Waals surface area contributed by atoms with E-state index in [1.807, 2.05) is 19.1 Å². The maximum absolute atomic E-state index is 11.0. The second kappa shape index (κ2) is 4.35. The molecule has 0 atom stereocenters. The first-order valence-electron chi connectivity index (χ1n) is 5.21. The molecule has 0 aliphatic heterocycles. The first-order chi connectivity index (χ1) is 7.70. The summed E-state index contributed by atoms with van der Waals surface area (Å²) in [5.74, 6) is -0.177. The van der Waals surface area contributed by atoms with Gasteiger partial charge in [-0.3, -0.25) is 9.89 Å². The molecule has 4 heteroatoms. The van der Waals surface area contributed by atoms with Crippen LogP contribution in [0.5, 0.6) is 0 Å². The van der Waals surface area contributed by atoms with E-state index in [2.05, 4.69) is 21.0 Å². The number of carbonyl (C=O) groups is 1. The van der Waals surface area contributed by atoms with Crippen LogP contribution in [0.25, 0.3) is 10.9 Å². The van der Waals surface area contributed by atoms with Gasteiger partial charge < -0.3 is 4.74 Å². The van der Waals surface area contributed by atoms with Gasteiger partial charge in [0.05, 0.1) is 18.3 Å². The van der Waals surface area contributed by atoms with Crippen LogP contribution in [0.4, 0.5) is 0 Å². The van der Waals surface area contributed by atoms with Gasteiger partial charge in [0.2, 0.25) is 0 Å².